The summed E-state index contributed by atoms with van der Waals surface area (Å²) in [6.07, 6.45) is 2.89. The SMILES string of the molecule is CCNC(=NCCCS(C)(=O)=O)NC1CC(C)N(Cc2ccccc2)C1. The first-order valence-electron chi connectivity index (χ1n) is 9.38. The molecule has 1 heterocycles. The minimum Gasteiger partial charge on any atom is -0.357 e. The van der Waals surface area contributed by atoms with Gasteiger partial charge in [-0.05, 0) is 32.3 Å². The molecule has 1 aromatic rings. The predicted molar refractivity (Wildman–Crippen MR) is 108 cm³/mol. The predicted octanol–water partition coefficient (Wildman–Crippen LogP) is 1.64. The van der Waals surface area contributed by atoms with E-state index in [-0.39, 0.29) is 5.75 Å². The van der Waals surface area contributed by atoms with Crippen molar-refractivity contribution in [3.8, 4) is 0 Å². The number of rotatable bonds is 8. The normalized spacial score (nSPS) is 21.7. The molecule has 2 rings (SSSR count). The number of benzene rings is 1. The summed E-state index contributed by atoms with van der Waals surface area (Å²) in [6, 6.07) is 11.4. The molecule has 0 saturated carbocycles. The number of sulfone groups is 1. The summed E-state index contributed by atoms with van der Waals surface area (Å²) in [7, 11) is -2.92. The second kappa shape index (κ2) is 9.92. The molecule has 146 valence electrons. The minimum atomic E-state index is -2.92. The minimum absolute atomic E-state index is 0.182. The summed E-state index contributed by atoms with van der Waals surface area (Å²) in [5.41, 5.74) is 1.33. The van der Waals surface area contributed by atoms with Gasteiger partial charge in [0.25, 0.3) is 0 Å². The lowest BCUT2D eigenvalue weighted by Gasteiger charge is -2.21. The van der Waals surface area contributed by atoms with Gasteiger partial charge < -0.3 is 10.6 Å². The number of nitrogens with zero attached hydrogens (tertiary/aromatic N) is 2. The summed E-state index contributed by atoms with van der Waals surface area (Å²) in [5.74, 6) is 0.959. The molecule has 0 radical (unpaired) electrons. The van der Waals surface area contributed by atoms with E-state index in [4.69, 9.17) is 0 Å². The topological polar surface area (TPSA) is 73.8 Å². The molecule has 26 heavy (non-hydrogen) atoms. The van der Waals surface area contributed by atoms with Crippen LogP contribution in [-0.2, 0) is 16.4 Å². The fraction of sp³-hybridized carbons (Fsp3) is 0.632. The summed E-state index contributed by atoms with van der Waals surface area (Å²) in [6.45, 7) is 7.53. The molecule has 1 aliphatic rings. The largest absolute Gasteiger partial charge is 0.357 e. The summed E-state index contributed by atoms with van der Waals surface area (Å²) in [4.78, 5) is 7.01. The highest BCUT2D eigenvalue weighted by atomic mass is 32.2. The van der Waals surface area contributed by atoms with E-state index in [2.05, 4.69) is 51.7 Å². The van der Waals surface area contributed by atoms with Crippen LogP contribution >= 0.6 is 0 Å². The third-order valence-electron chi connectivity index (χ3n) is 4.56. The van der Waals surface area contributed by atoms with E-state index >= 15 is 0 Å². The zero-order valence-corrected chi connectivity index (χ0v) is 16.9. The van der Waals surface area contributed by atoms with Crippen LogP contribution in [-0.4, -0.2) is 63.0 Å². The second-order valence-corrected chi connectivity index (χ2v) is 9.34. The number of guanidine groups is 1. The molecule has 2 N–H and O–H groups in total. The van der Waals surface area contributed by atoms with Crippen LogP contribution in [0.25, 0.3) is 0 Å². The van der Waals surface area contributed by atoms with Crippen LogP contribution in [0.15, 0.2) is 35.3 Å². The molecule has 1 saturated heterocycles. The molecule has 2 atom stereocenters. The smallest absolute Gasteiger partial charge is 0.191 e. The average molecular weight is 381 g/mol. The van der Waals surface area contributed by atoms with Crippen LogP contribution < -0.4 is 10.6 Å². The van der Waals surface area contributed by atoms with E-state index in [0.29, 0.717) is 25.0 Å². The average Bonchev–Trinajstić information content (AvgIpc) is 2.91. The maximum Gasteiger partial charge on any atom is 0.191 e. The Morgan fingerprint density at radius 1 is 1.31 bits per heavy atom. The van der Waals surface area contributed by atoms with Gasteiger partial charge in [-0.1, -0.05) is 30.3 Å². The number of likely N-dealkylation sites (tertiary alicyclic amines) is 1. The quantitative estimate of drug-likeness (QED) is 0.407. The van der Waals surface area contributed by atoms with Crippen LogP contribution in [0.1, 0.15) is 32.3 Å². The Bertz CT molecular complexity index is 676. The molecule has 0 bridgehead atoms. The van der Waals surface area contributed by atoms with Crippen molar-refractivity contribution in [3.05, 3.63) is 35.9 Å². The summed E-state index contributed by atoms with van der Waals surface area (Å²) < 4.78 is 22.4. The molecule has 6 nitrogen and oxygen atoms in total. The van der Waals surface area contributed by atoms with E-state index in [1.165, 1.54) is 11.8 Å². The second-order valence-electron chi connectivity index (χ2n) is 7.09. The van der Waals surface area contributed by atoms with Gasteiger partial charge in [0, 0.05) is 44.5 Å². The molecule has 0 aromatic heterocycles. The summed E-state index contributed by atoms with van der Waals surface area (Å²) >= 11 is 0. The van der Waals surface area contributed by atoms with Gasteiger partial charge in [-0.15, -0.1) is 0 Å². The van der Waals surface area contributed by atoms with Crippen LogP contribution in [0.5, 0.6) is 0 Å². The number of hydrogen-bond donors (Lipinski definition) is 2. The first kappa shape index (κ1) is 20.7. The van der Waals surface area contributed by atoms with Crippen molar-refractivity contribution < 1.29 is 8.42 Å². The van der Waals surface area contributed by atoms with E-state index in [9.17, 15) is 8.42 Å². The van der Waals surface area contributed by atoms with Crippen molar-refractivity contribution >= 4 is 15.8 Å². The van der Waals surface area contributed by atoms with Crippen LogP contribution in [0, 0.1) is 0 Å². The highest BCUT2D eigenvalue weighted by Gasteiger charge is 2.29. The Hall–Kier alpha value is -1.60. The highest BCUT2D eigenvalue weighted by Crippen LogP contribution is 2.20. The Kier molecular flexibility index (Phi) is 7.90. The van der Waals surface area contributed by atoms with Crippen LogP contribution in [0.3, 0.4) is 0 Å². The van der Waals surface area contributed by atoms with Crippen molar-refractivity contribution in [1.82, 2.24) is 15.5 Å². The molecular weight excluding hydrogens is 348 g/mol. The third-order valence-corrected chi connectivity index (χ3v) is 5.59. The first-order valence-corrected chi connectivity index (χ1v) is 11.4. The van der Waals surface area contributed by atoms with Gasteiger partial charge in [0.15, 0.2) is 5.96 Å². The molecule has 1 fully saturated rings. The lowest BCUT2D eigenvalue weighted by Crippen LogP contribution is -2.44. The summed E-state index contributed by atoms with van der Waals surface area (Å²) in [5, 5.41) is 6.77. The third kappa shape index (κ3) is 7.33. The molecule has 0 spiro atoms. The van der Waals surface area contributed by atoms with E-state index < -0.39 is 9.84 Å². The fourth-order valence-electron chi connectivity index (χ4n) is 3.27. The van der Waals surface area contributed by atoms with Crippen molar-refractivity contribution in [2.45, 2.75) is 45.3 Å². The molecule has 0 amide bonds. The van der Waals surface area contributed by atoms with Gasteiger partial charge >= 0.3 is 0 Å². The molecular formula is C19H32N4O2S. The zero-order chi connectivity index (χ0) is 19.0. The van der Waals surface area contributed by atoms with Crippen molar-refractivity contribution in [2.24, 2.45) is 4.99 Å². The molecule has 2 unspecified atom stereocenters. The van der Waals surface area contributed by atoms with Crippen molar-refractivity contribution in [3.63, 3.8) is 0 Å². The van der Waals surface area contributed by atoms with Gasteiger partial charge in [-0.25, -0.2) is 8.42 Å². The van der Waals surface area contributed by atoms with Crippen LogP contribution in [0.2, 0.25) is 0 Å². The first-order chi connectivity index (χ1) is 12.4. The molecule has 1 aromatic carbocycles. The number of hydrogen-bond acceptors (Lipinski definition) is 4. The van der Waals surface area contributed by atoms with Gasteiger partial charge in [0.2, 0.25) is 0 Å². The molecule has 0 aliphatic carbocycles. The molecule has 7 heteroatoms. The van der Waals surface area contributed by atoms with Gasteiger partial charge in [-0.3, -0.25) is 9.89 Å². The van der Waals surface area contributed by atoms with Gasteiger partial charge in [0.1, 0.15) is 9.84 Å². The van der Waals surface area contributed by atoms with Crippen molar-refractivity contribution in [1.29, 1.82) is 0 Å². The number of nitrogens with one attached hydrogen (secondary N) is 2. The van der Waals surface area contributed by atoms with E-state index in [1.54, 1.807) is 0 Å². The van der Waals surface area contributed by atoms with Crippen LogP contribution in [0.4, 0.5) is 0 Å². The monoisotopic (exact) mass is 380 g/mol. The van der Waals surface area contributed by atoms with E-state index in [0.717, 1.165) is 32.0 Å². The lowest BCUT2D eigenvalue weighted by atomic mass is 10.2. The Labute approximate surface area is 158 Å². The maximum absolute atomic E-state index is 11.2. The highest BCUT2D eigenvalue weighted by molar-refractivity contribution is 7.90. The Morgan fingerprint density at radius 2 is 2.04 bits per heavy atom. The van der Waals surface area contributed by atoms with E-state index in [1.807, 2.05) is 13.0 Å². The Morgan fingerprint density at radius 3 is 2.69 bits per heavy atom. The zero-order valence-electron chi connectivity index (χ0n) is 16.1. The van der Waals surface area contributed by atoms with Gasteiger partial charge in [0.05, 0.1) is 5.75 Å². The number of aliphatic imine (C=N–C) groups is 1. The maximum atomic E-state index is 11.2. The standard InChI is InChI=1S/C19H32N4O2S/c1-4-20-19(21-11-8-12-26(3,24)25)22-18-13-16(2)23(15-18)14-17-9-6-5-7-10-17/h5-7,9-10,16,18H,4,8,11-15H2,1-3H3,(H2,20,21,22). The molecule has 1 aliphatic heterocycles. The van der Waals surface area contributed by atoms with Crippen molar-refractivity contribution in [2.75, 3.05) is 31.6 Å². The fourth-order valence-corrected chi connectivity index (χ4v) is 3.93. The Balaban J connectivity index is 1.86. The lowest BCUT2D eigenvalue weighted by molar-refractivity contribution is 0.258. The van der Waals surface area contributed by atoms with Gasteiger partial charge in [-0.2, -0.15) is 0 Å².